The third kappa shape index (κ3) is 2.78. The Morgan fingerprint density at radius 2 is 2.33 bits per heavy atom. The van der Waals surface area contributed by atoms with Gasteiger partial charge >= 0.3 is 0 Å². The molecule has 2 heterocycles. The number of carbonyl (C=O) groups is 1. The molecule has 94 valence electrons. The van der Waals surface area contributed by atoms with E-state index in [1.54, 1.807) is 25.4 Å². The molecule has 0 aliphatic carbocycles. The van der Waals surface area contributed by atoms with E-state index in [-0.39, 0.29) is 11.7 Å². The van der Waals surface area contributed by atoms with Gasteiger partial charge in [-0.3, -0.25) is 4.79 Å². The lowest BCUT2D eigenvalue weighted by Gasteiger charge is -2.05. The van der Waals surface area contributed by atoms with Crippen LogP contribution in [-0.4, -0.2) is 18.0 Å². The van der Waals surface area contributed by atoms with Crippen LogP contribution in [0.1, 0.15) is 15.2 Å². The van der Waals surface area contributed by atoms with Gasteiger partial charge in [-0.2, -0.15) is 0 Å². The molecule has 0 aromatic carbocycles. The van der Waals surface area contributed by atoms with Gasteiger partial charge in [0.1, 0.15) is 5.82 Å². The summed E-state index contributed by atoms with van der Waals surface area (Å²) < 4.78 is 5.08. The van der Waals surface area contributed by atoms with Crippen LogP contribution in [0.15, 0.2) is 30.5 Å². The smallest absolute Gasteiger partial charge is 0.255 e. The number of aromatic nitrogens is 1. The lowest BCUT2D eigenvalue weighted by atomic mass is 10.2. The van der Waals surface area contributed by atoms with Crippen molar-refractivity contribution in [1.29, 1.82) is 0 Å². The standard InChI is InChI=1S/C12H13N3O2S/c1-17-10-5-4-8(18-10)7-15-12(16)9-3-2-6-14-11(9)13/h2-6H,7H2,1H3,(H2,13,14)(H,15,16). The molecule has 6 heteroatoms. The monoisotopic (exact) mass is 263 g/mol. The van der Waals surface area contributed by atoms with Crippen molar-refractivity contribution >= 4 is 23.1 Å². The van der Waals surface area contributed by atoms with Gasteiger partial charge in [-0.25, -0.2) is 4.98 Å². The molecule has 0 saturated carbocycles. The Morgan fingerprint density at radius 3 is 3.00 bits per heavy atom. The average molecular weight is 263 g/mol. The summed E-state index contributed by atoms with van der Waals surface area (Å²) >= 11 is 1.49. The van der Waals surface area contributed by atoms with Crippen molar-refractivity contribution in [3.05, 3.63) is 40.9 Å². The van der Waals surface area contributed by atoms with E-state index in [0.717, 1.165) is 9.94 Å². The van der Waals surface area contributed by atoms with E-state index in [1.807, 2.05) is 12.1 Å². The number of nitrogen functional groups attached to an aromatic ring is 1. The molecule has 18 heavy (non-hydrogen) atoms. The Morgan fingerprint density at radius 1 is 1.50 bits per heavy atom. The predicted molar refractivity (Wildman–Crippen MR) is 70.7 cm³/mol. The molecule has 0 saturated heterocycles. The van der Waals surface area contributed by atoms with Crippen molar-refractivity contribution in [2.24, 2.45) is 0 Å². The summed E-state index contributed by atoms with van der Waals surface area (Å²) in [5, 5.41) is 3.61. The van der Waals surface area contributed by atoms with Crippen LogP contribution in [0.5, 0.6) is 5.06 Å². The molecule has 0 spiro atoms. The molecule has 0 unspecified atom stereocenters. The van der Waals surface area contributed by atoms with Crippen molar-refractivity contribution in [3.63, 3.8) is 0 Å². The van der Waals surface area contributed by atoms with E-state index in [0.29, 0.717) is 12.1 Å². The maximum absolute atomic E-state index is 11.9. The summed E-state index contributed by atoms with van der Waals surface area (Å²) in [7, 11) is 1.62. The van der Waals surface area contributed by atoms with Gasteiger partial charge in [0, 0.05) is 11.1 Å². The van der Waals surface area contributed by atoms with Crippen molar-refractivity contribution in [2.75, 3.05) is 12.8 Å². The van der Waals surface area contributed by atoms with Crippen LogP contribution < -0.4 is 15.8 Å². The Bertz CT molecular complexity index is 554. The average Bonchev–Trinajstić information content (AvgIpc) is 2.84. The molecular formula is C12H13N3O2S. The third-order valence-electron chi connectivity index (χ3n) is 2.34. The van der Waals surface area contributed by atoms with E-state index < -0.39 is 0 Å². The summed E-state index contributed by atoms with van der Waals surface area (Å²) in [6, 6.07) is 7.10. The fraction of sp³-hybridized carbons (Fsp3) is 0.167. The Kier molecular flexibility index (Phi) is 3.78. The van der Waals surface area contributed by atoms with Gasteiger partial charge in [0.05, 0.1) is 19.2 Å². The number of anilines is 1. The summed E-state index contributed by atoms with van der Waals surface area (Å²) in [6.07, 6.45) is 1.55. The number of amides is 1. The van der Waals surface area contributed by atoms with Gasteiger partial charge in [-0.15, -0.1) is 11.3 Å². The Balaban J connectivity index is 1.98. The molecule has 0 atom stereocenters. The number of nitrogens with zero attached hydrogens (tertiary/aromatic N) is 1. The van der Waals surface area contributed by atoms with Crippen molar-refractivity contribution < 1.29 is 9.53 Å². The minimum atomic E-state index is -0.229. The lowest BCUT2D eigenvalue weighted by Crippen LogP contribution is -2.23. The second kappa shape index (κ2) is 5.50. The zero-order valence-electron chi connectivity index (χ0n) is 9.84. The number of methoxy groups -OCH3 is 1. The molecule has 0 radical (unpaired) electrons. The fourth-order valence-electron chi connectivity index (χ4n) is 1.44. The quantitative estimate of drug-likeness (QED) is 0.879. The number of rotatable bonds is 4. The molecule has 0 aliphatic heterocycles. The third-order valence-corrected chi connectivity index (χ3v) is 3.39. The zero-order valence-corrected chi connectivity index (χ0v) is 10.7. The number of carbonyl (C=O) groups excluding carboxylic acids is 1. The summed E-state index contributed by atoms with van der Waals surface area (Å²) in [5.41, 5.74) is 6.02. The number of ether oxygens (including phenoxy) is 1. The van der Waals surface area contributed by atoms with Crippen molar-refractivity contribution in [3.8, 4) is 5.06 Å². The van der Waals surface area contributed by atoms with E-state index >= 15 is 0 Å². The first-order valence-electron chi connectivity index (χ1n) is 5.32. The molecule has 2 rings (SSSR count). The first-order chi connectivity index (χ1) is 8.70. The number of nitrogens with one attached hydrogen (secondary N) is 1. The van der Waals surface area contributed by atoms with Gasteiger partial charge in [-0.1, -0.05) is 0 Å². The maximum Gasteiger partial charge on any atom is 0.255 e. The minimum Gasteiger partial charge on any atom is -0.487 e. The van der Waals surface area contributed by atoms with Crippen molar-refractivity contribution in [2.45, 2.75) is 6.54 Å². The van der Waals surface area contributed by atoms with E-state index in [2.05, 4.69) is 10.3 Å². The predicted octanol–water partition coefficient (Wildman–Crippen LogP) is 1.66. The van der Waals surface area contributed by atoms with Gasteiger partial charge in [-0.05, 0) is 24.3 Å². The van der Waals surface area contributed by atoms with E-state index in [1.165, 1.54) is 11.3 Å². The first-order valence-corrected chi connectivity index (χ1v) is 6.13. The molecular weight excluding hydrogens is 250 g/mol. The molecule has 0 aliphatic rings. The molecule has 3 N–H and O–H groups in total. The van der Waals surface area contributed by atoms with E-state index in [9.17, 15) is 4.79 Å². The summed E-state index contributed by atoms with van der Waals surface area (Å²) in [5.74, 6) is 0.00623. The molecule has 5 nitrogen and oxygen atoms in total. The second-order valence-corrected chi connectivity index (χ2v) is 4.67. The zero-order chi connectivity index (χ0) is 13.0. The topological polar surface area (TPSA) is 77.2 Å². The Hall–Kier alpha value is -2.08. The highest BCUT2D eigenvalue weighted by molar-refractivity contribution is 7.13. The van der Waals surface area contributed by atoms with Gasteiger partial charge in [0.25, 0.3) is 5.91 Å². The minimum absolute atomic E-state index is 0.229. The lowest BCUT2D eigenvalue weighted by molar-refractivity contribution is 0.0952. The number of hydrogen-bond acceptors (Lipinski definition) is 5. The largest absolute Gasteiger partial charge is 0.487 e. The molecule has 1 amide bonds. The van der Waals surface area contributed by atoms with Gasteiger partial charge in [0.15, 0.2) is 5.06 Å². The van der Waals surface area contributed by atoms with Gasteiger partial charge in [0.2, 0.25) is 0 Å². The normalized spacial score (nSPS) is 10.1. The highest BCUT2D eigenvalue weighted by Crippen LogP contribution is 2.23. The number of nitrogens with two attached hydrogens (primary N) is 1. The molecule has 0 bridgehead atoms. The van der Waals surface area contributed by atoms with E-state index in [4.69, 9.17) is 10.5 Å². The van der Waals surface area contributed by atoms with Crippen molar-refractivity contribution in [1.82, 2.24) is 10.3 Å². The van der Waals surface area contributed by atoms with Crippen LogP contribution in [0.25, 0.3) is 0 Å². The highest BCUT2D eigenvalue weighted by Gasteiger charge is 2.10. The van der Waals surface area contributed by atoms with Crippen LogP contribution in [-0.2, 0) is 6.54 Å². The SMILES string of the molecule is COc1ccc(CNC(=O)c2cccnc2N)s1. The molecule has 0 fully saturated rings. The summed E-state index contributed by atoms with van der Waals surface area (Å²) in [6.45, 7) is 0.446. The van der Waals surface area contributed by atoms with Gasteiger partial charge < -0.3 is 15.8 Å². The number of hydrogen-bond donors (Lipinski definition) is 2. The summed E-state index contributed by atoms with van der Waals surface area (Å²) in [4.78, 5) is 16.7. The fourth-order valence-corrected chi connectivity index (χ4v) is 2.19. The molecule has 2 aromatic heterocycles. The second-order valence-electron chi connectivity index (χ2n) is 3.54. The highest BCUT2D eigenvalue weighted by atomic mass is 32.1. The van der Waals surface area contributed by atoms with Crippen LogP contribution in [0.2, 0.25) is 0 Å². The molecule has 2 aromatic rings. The number of thiophene rings is 1. The van der Waals surface area contributed by atoms with Crippen LogP contribution in [0, 0.1) is 0 Å². The number of pyridine rings is 1. The Labute approximate surface area is 109 Å². The van der Waals surface area contributed by atoms with Crippen LogP contribution in [0.3, 0.4) is 0 Å². The maximum atomic E-state index is 11.9. The first kappa shape index (κ1) is 12.4. The van der Waals surface area contributed by atoms with Crippen LogP contribution >= 0.6 is 11.3 Å². The van der Waals surface area contributed by atoms with Crippen LogP contribution in [0.4, 0.5) is 5.82 Å².